The second kappa shape index (κ2) is 7.26. The highest BCUT2D eigenvalue weighted by atomic mass is 31.2. The Hall–Kier alpha value is -3.49. The Kier molecular flexibility index (Phi) is 4.19. The summed E-state index contributed by atoms with van der Waals surface area (Å²) < 4.78 is 19.5. The van der Waals surface area contributed by atoms with Crippen LogP contribution in [-0.4, -0.2) is 5.11 Å². The number of hydrogen-bond acceptors (Lipinski definition) is 4. The predicted molar refractivity (Wildman–Crippen MR) is 127 cm³/mol. The van der Waals surface area contributed by atoms with Gasteiger partial charge >= 0.3 is 8.60 Å². The van der Waals surface area contributed by atoms with Crippen molar-refractivity contribution in [1.82, 2.24) is 0 Å². The molecule has 0 unspecified atom stereocenters. The molecule has 6 bridgehead atoms. The summed E-state index contributed by atoms with van der Waals surface area (Å²) in [6.45, 7) is 0. The van der Waals surface area contributed by atoms with Gasteiger partial charge in [0.1, 0.15) is 23.0 Å². The molecule has 0 amide bonds. The van der Waals surface area contributed by atoms with Crippen molar-refractivity contribution in [2.45, 2.75) is 25.7 Å². The smallest absolute Gasteiger partial charge is 0.507 e. The average molecular weight is 452 g/mol. The predicted octanol–water partition coefficient (Wildman–Crippen LogP) is 6.46. The summed E-state index contributed by atoms with van der Waals surface area (Å²) in [4.78, 5) is 0. The van der Waals surface area contributed by atoms with E-state index in [1.54, 1.807) is 0 Å². The molecule has 3 heterocycles. The molecule has 5 heteroatoms. The molecule has 0 saturated heterocycles. The fourth-order valence-electron chi connectivity index (χ4n) is 5.13. The number of phenols is 1. The van der Waals surface area contributed by atoms with Crippen LogP contribution in [0, 0.1) is 0 Å². The number of benzene rings is 4. The zero-order chi connectivity index (χ0) is 21.9. The van der Waals surface area contributed by atoms with E-state index in [0.29, 0.717) is 31.4 Å². The molecule has 4 nitrogen and oxygen atoms in total. The minimum absolute atomic E-state index is 0.344. The number of rotatable bonds is 0. The first-order valence-electron chi connectivity index (χ1n) is 11.2. The van der Waals surface area contributed by atoms with Crippen molar-refractivity contribution < 1.29 is 18.7 Å². The maximum absolute atomic E-state index is 11.2. The summed E-state index contributed by atoms with van der Waals surface area (Å²) in [6, 6.07) is 24.9. The summed E-state index contributed by atoms with van der Waals surface area (Å²) in [5.74, 6) is 2.82. The first-order valence-corrected chi connectivity index (χ1v) is 12.3. The normalized spacial score (nSPS) is 15.5. The lowest BCUT2D eigenvalue weighted by Gasteiger charge is -2.30. The van der Waals surface area contributed by atoms with E-state index < -0.39 is 8.60 Å². The molecule has 0 aromatic heterocycles. The number of hydrogen-bond donors (Lipinski definition) is 1. The van der Waals surface area contributed by atoms with E-state index in [2.05, 4.69) is 54.6 Å². The van der Waals surface area contributed by atoms with Crippen LogP contribution in [-0.2, 0) is 25.7 Å². The van der Waals surface area contributed by atoms with Crippen LogP contribution in [0.3, 0.4) is 0 Å². The molecule has 0 saturated carbocycles. The lowest BCUT2D eigenvalue weighted by atomic mass is 9.91. The summed E-state index contributed by atoms with van der Waals surface area (Å²) in [5, 5.41) is 11.2. The van der Waals surface area contributed by atoms with Crippen molar-refractivity contribution in [3.63, 3.8) is 0 Å². The molecule has 0 spiro atoms. The fraction of sp³-hybridized carbons (Fsp3) is 0.143. The van der Waals surface area contributed by atoms with Crippen LogP contribution in [0.2, 0.25) is 0 Å². The minimum atomic E-state index is -1.71. The summed E-state index contributed by atoms with van der Waals surface area (Å²) >= 11 is 0. The topological polar surface area (TPSA) is 47.9 Å². The molecule has 162 valence electrons. The minimum Gasteiger partial charge on any atom is -0.507 e. The molecule has 7 rings (SSSR count). The first-order chi connectivity index (χ1) is 16.2. The van der Waals surface area contributed by atoms with E-state index in [1.165, 1.54) is 0 Å². The Balaban J connectivity index is 1.55. The van der Waals surface area contributed by atoms with E-state index in [0.717, 1.165) is 61.8 Å². The summed E-state index contributed by atoms with van der Waals surface area (Å²) in [7, 11) is -1.71. The first kappa shape index (κ1) is 19.0. The van der Waals surface area contributed by atoms with Crippen LogP contribution in [0.4, 0.5) is 0 Å². The van der Waals surface area contributed by atoms with Gasteiger partial charge in [0.15, 0.2) is 0 Å². The number of fused-ring (bicyclic) bond motifs is 2. The molecule has 1 N–H and O–H groups in total. The lowest BCUT2D eigenvalue weighted by Crippen LogP contribution is -2.15. The molecular formula is C28H21O4P. The van der Waals surface area contributed by atoms with E-state index >= 15 is 0 Å². The van der Waals surface area contributed by atoms with Gasteiger partial charge in [-0.05, 0) is 44.5 Å². The van der Waals surface area contributed by atoms with E-state index in [4.69, 9.17) is 13.6 Å². The second-order valence-electron chi connectivity index (χ2n) is 8.85. The molecule has 4 aromatic carbocycles. The van der Waals surface area contributed by atoms with Crippen LogP contribution < -0.4 is 13.6 Å². The second-order valence-corrected chi connectivity index (χ2v) is 9.84. The SMILES string of the molecule is Oc1c2cccc1Cc1cccc3c1OP1Oc4c(cccc4Cc4cccc(c4O1)C3)C2. The maximum Gasteiger partial charge on any atom is 0.530 e. The van der Waals surface area contributed by atoms with Gasteiger partial charge in [0.05, 0.1) is 0 Å². The number of phenolic OH excluding ortho intramolecular Hbond substituents is 1. The van der Waals surface area contributed by atoms with Gasteiger partial charge in [0.2, 0.25) is 0 Å². The van der Waals surface area contributed by atoms with E-state index in [-0.39, 0.29) is 0 Å². The Morgan fingerprint density at radius 3 is 1.06 bits per heavy atom. The maximum atomic E-state index is 11.2. The molecule has 3 aliphatic heterocycles. The fourth-order valence-corrected chi connectivity index (χ4v) is 6.39. The van der Waals surface area contributed by atoms with E-state index in [9.17, 15) is 5.11 Å². The molecule has 33 heavy (non-hydrogen) atoms. The molecule has 0 fully saturated rings. The summed E-state index contributed by atoms with van der Waals surface area (Å²) in [6.07, 6.45) is 2.58. The van der Waals surface area contributed by atoms with Gasteiger partial charge in [-0.15, -0.1) is 0 Å². The van der Waals surface area contributed by atoms with Crippen LogP contribution in [0.1, 0.15) is 44.5 Å². The van der Waals surface area contributed by atoms with Gasteiger partial charge in [-0.1, -0.05) is 72.8 Å². The average Bonchev–Trinajstić information content (AvgIpc) is 2.78. The quantitative estimate of drug-likeness (QED) is 0.274. The van der Waals surface area contributed by atoms with Crippen LogP contribution in [0.25, 0.3) is 0 Å². The van der Waals surface area contributed by atoms with Crippen LogP contribution in [0.15, 0.2) is 72.8 Å². The molecule has 4 aromatic rings. The van der Waals surface area contributed by atoms with E-state index in [1.807, 2.05) is 18.2 Å². The van der Waals surface area contributed by atoms with Crippen LogP contribution in [0.5, 0.6) is 23.0 Å². The van der Waals surface area contributed by atoms with Gasteiger partial charge in [0, 0.05) is 25.7 Å². The Labute approximate surface area is 193 Å². The molecule has 0 radical (unpaired) electrons. The number of aromatic hydroxyl groups is 1. The zero-order valence-electron chi connectivity index (χ0n) is 17.9. The van der Waals surface area contributed by atoms with Crippen molar-refractivity contribution in [2.75, 3.05) is 0 Å². The Bertz CT molecular complexity index is 1330. The van der Waals surface area contributed by atoms with Crippen molar-refractivity contribution in [3.8, 4) is 23.0 Å². The zero-order valence-corrected chi connectivity index (χ0v) is 18.8. The highest BCUT2D eigenvalue weighted by Gasteiger charge is 2.33. The third-order valence-corrected chi connectivity index (χ3v) is 7.75. The van der Waals surface area contributed by atoms with Gasteiger partial charge in [0.25, 0.3) is 0 Å². The van der Waals surface area contributed by atoms with Crippen molar-refractivity contribution in [2.24, 2.45) is 0 Å². The van der Waals surface area contributed by atoms with Crippen molar-refractivity contribution in [1.29, 1.82) is 0 Å². The standard InChI is InChI=1S/C28H21O4P/c29-25-17-5-1-6-18(25)14-20-8-3-10-22-16-24-12-4-11-23-15-21-9-2-7-19(13-17)26(21)30-33(31-27(20)22)32-28(23)24/h1-12,29H,13-16H2. The number of para-hydroxylation sites is 4. The Morgan fingerprint density at radius 1 is 0.455 bits per heavy atom. The highest BCUT2D eigenvalue weighted by molar-refractivity contribution is 7.43. The largest absolute Gasteiger partial charge is 0.530 e. The van der Waals surface area contributed by atoms with Crippen LogP contribution >= 0.6 is 8.60 Å². The summed E-state index contributed by atoms with van der Waals surface area (Å²) in [5.41, 5.74) is 8.32. The van der Waals surface area contributed by atoms with Gasteiger partial charge in [-0.3, -0.25) is 0 Å². The third-order valence-electron chi connectivity index (χ3n) is 6.76. The molecule has 0 aliphatic carbocycles. The highest BCUT2D eigenvalue weighted by Crippen LogP contribution is 2.52. The van der Waals surface area contributed by atoms with Gasteiger partial charge in [-0.25, -0.2) is 0 Å². The van der Waals surface area contributed by atoms with Gasteiger partial charge in [-0.2, -0.15) is 0 Å². The Morgan fingerprint density at radius 2 is 0.727 bits per heavy atom. The molecule has 3 aliphatic rings. The van der Waals surface area contributed by atoms with Crippen molar-refractivity contribution in [3.05, 3.63) is 117 Å². The molecular weight excluding hydrogens is 431 g/mol. The lowest BCUT2D eigenvalue weighted by molar-refractivity contribution is 0.371. The third kappa shape index (κ3) is 3.09. The molecule has 0 atom stereocenters. The van der Waals surface area contributed by atoms with Crippen molar-refractivity contribution >= 4 is 8.60 Å². The van der Waals surface area contributed by atoms with Gasteiger partial charge < -0.3 is 18.7 Å². The monoisotopic (exact) mass is 452 g/mol.